The average Bonchev–Trinajstić information content (AvgIpc) is 2.73. The highest BCUT2D eigenvalue weighted by atomic mass is 19.4. The van der Waals surface area contributed by atoms with E-state index in [0.29, 0.717) is 28.0 Å². The third kappa shape index (κ3) is 5.59. The lowest BCUT2D eigenvalue weighted by Gasteiger charge is -2.21. The fourth-order valence-corrected chi connectivity index (χ4v) is 3.17. The Morgan fingerprint density at radius 3 is 2.35 bits per heavy atom. The van der Waals surface area contributed by atoms with Crippen LogP contribution in [0.5, 0.6) is 0 Å². The second kappa shape index (κ2) is 9.16. The van der Waals surface area contributed by atoms with Crippen LogP contribution in [0.3, 0.4) is 0 Å². The molecule has 1 amide bonds. The normalized spacial score (nSPS) is 12.4. The predicted octanol–water partition coefficient (Wildman–Crippen LogP) is 4.47. The Labute approximate surface area is 176 Å². The van der Waals surface area contributed by atoms with Gasteiger partial charge in [-0.15, -0.1) is 0 Å². The van der Waals surface area contributed by atoms with Gasteiger partial charge in [0, 0.05) is 12.3 Å². The summed E-state index contributed by atoms with van der Waals surface area (Å²) >= 11 is 0. The molecular weight excluding hydrogens is 412 g/mol. The molecule has 0 aliphatic rings. The number of halogens is 4. The maximum absolute atomic E-state index is 13.8. The first-order valence-electron chi connectivity index (χ1n) is 9.58. The number of nitrogens with zero attached hydrogens (tertiary/aromatic N) is 1. The molecule has 0 saturated carbocycles. The van der Waals surface area contributed by atoms with Crippen LogP contribution in [-0.2, 0) is 23.9 Å². The van der Waals surface area contributed by atoms with Crippen molar-refractivity contribution in [3.63, 3.8) is 0 Å². The van der Waals surface area contributed by atoms with Crippen molar-refractivity contribution in [1.29, 1.82) is 0 Å². The van der Waals surface area contributed by atoms with E-state index in [2.05, 4.69) is 5.32 Å². The molecule has 0 aliphatic carbocycles. The molecule has 0 aliphatic heterocycles. The van der Waals surface area contributed by atoms with Gasteiger partial charge in [0.15, 0.2) is 0 Å². The standard InChI is InChI=1S/C23H20F4N2O2/c1-2-15-6-8-16(9-7-15)22(17-4-3-5-19(24)12-17)28-20(30)14-29-13-18(23(25,26)27)10-11-21(29)31/h3-13,22H,2,14H2,1H3,(H,28,30)/t22-/m0/s1. The van der Waals surface area contributed by atoms with Gasteiger partial charge in [0.2, 0.25) is 5.91 Å². The molecule has 0 unspecified atom stereocenters. The summed E-state index contributed by atoms with van der Waals surface area (Å²) in [6.07, 6.45) is -3.22. The Morgan fingerprint density at radius 1 is 1.03 bits per heavy atom. The molecule has 0 radical (unpaired) electrons. The van der Waals surface area contributed by atoms with Crippen LogP contribution in [0.15, 0.2) is 71.7 Å². The highest BCUT2D eigenvalue weighted by Gasteiger charge is 2.31. The number of aryl methyl sites for hydroxylation is 1. The molecule has 0 fully saturated rings. The molecule has 0 bridgehead atoms. The number of amides is 1. The largest absolute Gasteiger partial charge is 0.417 e. The zero-order valence-electron chi connectivity index (χ0n) is 16.6. The maximum Gasteiger partial charge on any atom is 0.417 e. The summed E-state index contributed by atoms with van der Waals surface area (Å²) in [7, 11) is 0. The van der Waals surface area contributed by atoms with Crippen LogP contribution in [-0.4, -0.2) is 10.5 Å². The molecule has 0 spiro atoms. The number of nitrogens with one attached hydrogen (secondary N) is 1. The highest BCUT2D eigenvalue weighted by Crippen LogP contribution is 2.28. The SMILES string of the molecule is CCc1ccc([C@H](NC(=O)Cn2cc(C(F)(F)F)ccc2=O)c2cccc(F)c2)cc1. The fraction of sp³-hybridized carbons (Fsp3) is 0.217. The van der Waals surface area contributed by atoms with Crippen LogP contribution >= 0.6 is 0 Å². The lowest BCUT2D eigenvalue weighted by molar-refractivity contribution is -0.138. The van der Waals surface area contributed by atoms with Gasteiger partial charge in [0.1, 0.15) is 12.4 Å². The molecule has 8 heteroatoms. The molecule has 0 saturated heterocycles. The minimum Gasteiger partial charge on any atom is -0.344 e. The summed E-state index contributed by atoms with van der Waals surface area (Å²) in [5.74, 6) is -1.17. The second-order valence-electron chi connectivity index (χ2n) is 7.03. The van der Waals surface area contributed by atoms with Gasteiger partial charge in [-0.1, -0.05) is 43.3 Å². The van der Waals surface area contributed by atoms with Crippen molar-refractivity contribution in [3.8, 4) is 0 Å². The van der Waals surface area contributed by atoms with Crippen molar-refractivity contribution >= 4 is 5.91 Å². The molecule has 2 aromatic carbocycles. The second-order valence-corrected chi connectivity index (χ2v) is 7.03. The Hall–Kier alpha value is -3.42. The Kier molecular flexibility index (Phi) is 6.58. The fourth-order valence-electron chi connectivity index (χ4n) is 3.17. The minimum absolute atomic E-state index is 0.467. The summed E-state index contributed by atoms with van der Waals surface area (Å²) in [5, 5.41) is 2.70. The van der Waals surface area contributed by atoms with Gasteiger partial charge in [0.25, 0.3) is 5.56 Å². The van der Waals surface area contributed by atoms with Gasteiger partial charge in [-0.2, -0.15) is 13.2 Å². The third-order valence-electron chi connectivity index (χ3n) is 4.83. The van der Waals surface area contributed by atoms with E-state index >= 15 is 0 Å². The Bertz CT molecular complexity index is 1120. The van der Waals surface area contributed by atoms with Gasteiger partial charge >= 0.3 is 6.18 Å². The minimum atomic E-state index is -4.64. The predicted molar refractivity (Wildman–Crippen MR) is 108 cm³/mol. The van der Waals surface area contributed by atoms with E-state index in [1.54, 1.807) is 18.2 Å². The Balaban J connectivity index is 1.89. The van der Waals surface area contributed by atoms with Gasteiger partial charge in [0.05, 0.1) is 11.6 Å². The topological polar surface area (TPSA) is 51.1 Å². The average molecular weight is 432 g/mol. The third-order valence-corrected chi connectivity index (χ3v) is 4.83. The van der Waals surface area contributed by atoms with E-state index in [-0.39, 0.29) is 0 Å². The number of hydrogen-bond acceptors (Lipinski definition) is 2. The van der Waals surface area contributed by atoms with Crippen LogP contribution in [0.1, 0.15) is 35.2 Å². The first kappa shape index (κ1) is 22.3. The number of carbonyl (C=O) groups is 1. The van der Waals surface area contributed by atoms with Crippen molar-refractivity contribution in [2.75, 3.05) is 0 Å². The summed E-state index contributed by atoms with van der Waals surface area (Å²) in [6.45, 7) is 1.38. The summed E-state index contributed by atoms with van der Waals surface area (Å²) in [5.41, 5.74) is 0.444. The van der Waals surface area contributed by atoms with E-state index < -0.39 is 41.6 Å². The summed E-state index contributed by atoms with van der Waals surface area (Å²) in [6, 6.07) is 13.7. The first-order chi connectivity index (χ1) is 14.7. The zero-order chi connectivity index (χ0) is 22.6. The van der Waals surface area contributed by atoms with Crippen molar-refractivity contribution in [2.24, 2.45) is 0 Å². The first-order valence-corrected chi connectivity index (χ1v) is 9.58. The molecule has 4 nitrogen and oxygen atoms in total. The van der Waals surface area contributed by atoms with Gasteiger partial charge < -0.3 is 9.88 Å². The Morgan fingerprint density at radius 2 is 1.74 bits per heavy atom. The van der Waals surface area contributed by atoms with Crippen molar-refractivity contribution in [2.45, 2.75) is 32.1 Å². The highest BCUT2D eigenvalue weighted by molar-refractivity contribution is 5.76. The molecular formula is C23H20F4N2O2. The van der Waals surface area contributed by atoms with Gasteiger partial charge in [-0.3, -0.25) is 9.59 Å². The van der Waals surface area contributed by atoms with Crippen LogP contribution in [0.25, 0.3) is 0 Å². The van der Waals surface area contributed by atoms with Crippen LogP contribution < -0.4 is 10.9 Å². The van der Waals surface area contributed by atoms with Gasteiger partial charge in [-0.05, 0) is 41.3 Å². The monoisotopic (exact) mass is 432 g/mol. The number of carbonyl (C=O) groups excluding carboxylic acids is 1. The smallest absolute Gasteiger partial charge is 0.344 e. The van der Waals surface area contributed by atoms with Crippen LogP contribution in [0.4, 0.5) is 17.6 Å². The van der Waals surface area contributed by atoms with Crippen molar-refractivity contribution < 1.29 is 22.4 Å². The summed E-state index contributed by atoms with van der Waals surface area (Å²) < 4.78 is 53.3. The summed E-state index contributed by atoms with van der Waals surface area (Å²) in [4.78, 5) is 24.6. The van der Waals surface area contributed by atoms with E-state index in [4.69, 9.17) is 0 Å². The molecule has 162 valence electrons. The molecule has 3 aromatic rings. The number of alkyl halides is 3. The van der Waals surface area contributed by atoms with E-state index in [1.807, 2.05) is 19.1 Å². The van der Waals surface area contributed by atoms with E-state index in [9.17, 15) is 27.2 Å². The lowest BCUT2D eigenvalue weighted by atomic mass is 9.97. The molecule has 31 heavy (non-hydrogen) atoms. The molecule has 1 heterocycles. The van der Waals surface area contributed by atoms with Crippen LogP contribution in [0, 0.1) is 5.82 Å². The number of aromatic nitrogens is 1. The molecule has 1 N–H and O–H groups in total. The van der Waals surface area contributed by atoms with Crippen LogP contribution in [0.2, 0.25) is 0 Å². The number of rotatable bonds is 6. The number of benzene rings is 2. The molecule has 3 rings (SSSR count). The van der Waals surface area contributed by atoms with E-state index in [1.165, 1.54) is 18.2 Å². The van der Waals surface area contributed by atoms with Crippen molar-refractivity contribution in [1.82, 2.24) is 9.88 Å². The molecule has 1 aromatic heterocycles. The lowest BCUT2D eigenvalue weighted by Crippen LogP contribution is -2.35. The van der Waals surface area contributed by atoms with Crippen molar-refractivity contribution in [3.05, 3.63) is 105 Å². The maximum atomic E-state index is 13.8. The number of pyridine rings is 1. The molecule has 1 atom stereocenters. The van der Waals surface area contributed by atoms with Gasteiger partial charge in [-0.25, -0.2) is 4.39 Å². The zero-order valence-corrected chi connectivity index (χ0v) is 16.6. The number of hydrogen-bond donors (Lipinski definition) is 1. The van der Waals surface area contributed by atoms with E-state index in [0.717, 1.165) is 18.1 Å². The quantitative estimate of drug-likeness (QED) is 0.585.